The van der Waals surface area contributed by atoms with Gasteiger partial charge < -0.3 is 19.1 Å². The molecule has 5 rings (SSSR count). The van der Waals surface area contributed by atoms with E-state index in [2.05, 4.69) is 20.1 Å². The number of likely N-dealkylation sites (tertiary alicyclic amines) is 2. The molecule has 0 aliphatic carbocycles. The number of hydrogen-bond donors (Lipinski definition) is 0. The van der Waals surface area contributed by atoms with Crippen molar-refractivity contribution < 1.29 is 18.4 Å². The molecule has 0 spiro atoms. The summed E-state index contributed by atoms with van der Waals surface area (Å²) in [4.78, 5) is 21.1. The van der Waals surface area contributed by atoms with E-state index < -0.39 is 0 Å². The Morgan fingerprint density at radius 3 is 2.65 bits per heavy atom. The molecule has 2 saturated heterocycles. The lowest BCUT2D eigenvalue weighted by Gasteiger charge is -2.41. The number of benzene rings is 1. The van der Waals surface area contributed by atoms with Gasteiger partial charge in [-0.2, -0.15) is 14.8 Å². The van der Waals surface area contributed by atoms with Gasteiger partial charge in [0, 0.05) is 43.6 Å². The van der Waals surface area contributed by atoms with Gasteiger partial charge in [0.15, 0.2) is 0 Å². The number of rotatable bonds is 6. The van der Waals surface area contributed by atoms with Gasteiger partial charge in [-0.1, -0.05) is 6.92 Å². The summed E-state index contributed by atoms with van der Waals surface area (Å²) in [5.74, 6) is 0.922. The number of aromatic nitrogens is 4. The van der Waals surface area contributed by atoms with Crippen LogP contribution in [0.25, 0.3) is 16.9 Å². The van der Waals surface area contributed by atoms with Crippen LogP contribution in [0.5, 0.6) is 0 Å². The summed E-state index contributed by atoms with van der Waals surface area (Å²) >= 11 is 0. The number of methoxy groups -OCH3 is 1. The van der Waals surface area contributed by atoms with E-state index in [0.29, 0.717) is 23.4 Å². The molecule has 2 aromatic heterocycles. The third kappa shape index (κ3) is 4.44. The molecule has 0 unspecified atom stereocenters. The summed E-state index contributed by atoms with van der Waals surface area (Å²) in [5, 5.41) is 9.67. The molecule has 2 aliphatic heterocycles. The molecular weight excluding hydrogens is 439 g/mol. The number of halogens is 1. The monoisotopic (exact) mass is 470 g/mol. The van der Waals surface area contributed by atoms with E-state index in [0.717, 1.165) is 69.4 Å². The average molecular weight is 471 g/mol. The quantitative estimate of drug-likeness (QED) is 0.547. The van der Waals surface area contributed by atoms with Crippen LogP contribution in [0, 0.1) is 5.82 Å². The van der Waals surface area contributed by atoms with Crippen molar-refractivity contribution in [1.82, 2.24) is 29.7 Å². The predicted molar refractivity (Wildman–Crippen MR) is 123 cm³/mol. The lowest BCUT2D eigenvalue weighted by atomic mass is 9.93. The van der Waals surface area contributed by atoms with Crippen molar-refractivity contribution in [3.8, 4) is 5.95 Å². The zero-order valence-corrected chi connectivity index (χ0v) is 19.7. The Morgan fingerprint density at radius 1 is 1.18 bits per heavy atom. The van der Waals surface area contributed by atoms with Crippen molar-refractivity contribution >= 4 is 16.8 Å². The summed E-state index contributed by atoms with van der Waals surface area (Å²) in [6.45, 7) is 5.69. The highest BCUT2D eigenvalue weighted by molar-refractivity contribution is 5.83. The summed E-state index contributed by atoms with van der Waals surface area (Å²) in [6, 6.07) is 5.17. The van der Waals surface area contributed by atoms with Crippen LogP contribution in [-0.4, -0.2) is 81.6 Å². The second-order valence-corrected chi connectivity index (χ2v) is 9.16. The highest BCUT2D eigenvalue weighted by Gasteiger charge is 2.32. The standard InChI is InChI=1S/C24H31FN6O3/c1-3-20-19-5-4-17(25)14-21(19)31(27-20)24-26-23(34-28-24)16-6-10-29(11-7-16)18-8-12-30(13-9-18)22(32)15-33-2/h4-5,14,16,18H,3,6-13,15H2,1-2H3. The molecule has 2 fully saturated rings. The van der Waals surface area contributed by atoms with Crippen LogP contribution in [0.15, 0.2) is 22.7 Å². The highest BCUT2D eigenvalue weighted by atomic mass is 19.1. The van der Waals surface area contributed by atoms with Crippen molar-refractivity contribution in [1.29, 1.82) is 0 Å². The Kier molecular flexibility index (Phi) is 6.60. The number of carbonyl (C=O) groups excluding carboxylic acids is 1. The first-order valence-electron chi connectivity index (χ1n) is 12.1. The number of amides is 1. The number of ether oxygens (including phenoxy) is 1. The lowest BCUT2D eigenvalue weighted by molar-refractivity contribution is -0.136. The smallest absolute Gasteiger partial charge is 0.291 e. The lowest BCUT2D eigenvalue weighted by Crippen LogP contribution is -2.49. The minimum Gasteiger partial charge on any atom is -0.375 e. The largest absolute Gasteiger partial charge is 0.375 e. The van der Waals surface area contributed by atoms with Gasteiger partial charge in [-0.25, -0.2) is 4.39 Å². The van der Waals surface area contributed by atoms with Gasteiger partial charge >= 0.3 is 0 Å². The van der Waals surface area contributed by atoms with Crippen molar-refractivity contribution in [2.24, 2.45) is 0 Å². The number of carbonyl (C=O) groups is 1. The topological polar surface area (TPSA) is 89.5 Å². The maximum Gasteiger partial charge on any atom is 0.291 e. The van der Waals surface area contributed by atoms with Crippen LogP contribution in [0.2, 0.25) is 0 Å². The Bertz CT molecular complexity index is 1140. The third-order valence-electron chi connectivity index (χ3n) is 7.16. The summed E-state index contributed by atoms with van der Waals surface area (Å²) in [5.41, 5.74) is 1.53. The van der Waals surface area contributed by atoms with Crippen LogP contribution in [0.4, 0.5) is 4.39 Å². The Morgan fingerprint density at radius 2 is 1.94 bits per heavy atom. The van der Waals surface area contributed by atoms with Gasteiger partial charge in [-0.3, -0.25) is 4.79 Å². The van der Waals surface area contributed by atoms with E-state index in [1.165, 1.54) is 12.1 Å². The molecule has 4 heterocycles. The highest BCUT2D eigenvalue weighted by Crippen LogP contribution is 2.31. The first-order valence-corrected chi connectivity index (χ1v) is 12.1. The Balaban J connectivity index is 1.22. The Hall–Kier alpha value is -2.85. The molecule has 0 bridgehead atoms. The fourth-order valence-electron chi connectivity index (χ4n) is 5.25. The van der Waals surface area contributed by atoms with Gasteiger partial charge in [-0.15, -0.1) is 0 Å². The SMILES string of the molecule is CCc1nn(-c2noc(C3CCN(C4CCN(C(=O)COC)CC4)CC3)n2)c2cc(F)ccc12. The maximum atomic E-state index is 13.9. The summed E-state index contributed by atoms with van der Waals surface area (Å²) < 4.78 is 26.1. The molecule has 1 amide bonds. The molecule has 0 atom stereocenters. The number of piperidine rings is 2. The number of aryl methyl sites for hydroxylation is 1. The molecule has 34 heavy (non-hydrogen) atoms. The van der Waals surface area contributed by atoms with E-state index in [-0.39, 0.29) is 24.2 Å². The first kappa shape index (κ1) is 22.9. The van der Waals surface area contributed by atoms with E-state index in [1.807, 2.05) is 11.8 Å². The van der Waals surface area contributed by atoms with E-state index in [4.69, 9.17) is 9.26 Å². The Labute approximate surface area is 197 Å². The van der Waals surface area contributed by atoms with Crippen molar-refractivity contribution in [2.75, 3.05) is 39.9 Å². The van der Waals surface area contributed by atoms with E-state index >= 15 is 0 Å². The molecule has 1 aromatic carbocycles. The summed E-state index contributed by atoms with van der Waals surface area (Å²) in [7, 11) is 1.56. The molecule has 0 N–H and O–H groups in total. The fourth-order valence-corrected chi connectivity index (χ4v) is 5.25. The second kappa shape index (κ2) is 9.79. The maximum absolute atomic E-state index is 13.9. The first-order chi connectivity index (χ1) is 16.6. The number of fused-ring (bicyclic) bond motifs is 1. The van der Waals surface area contributed by atoms with Crippen LogP contribution < -0.4 is 0 Å². The van der Waals surface area contributed by atoms with Crippen molar-refractivity contribution in [3.05, 3.63) is 35.6 Å². The number of hydrogen-bond acceptors (Lipinski definition) is 7. The zero-order chi connectivity index (χ0) is 23.7. The second-order valence-electron chi connectivity index (χ2n) is 9.16. The zero-order valence-electron chi connectivity index (χ0n) is 19.7. The third-order valence-corrected chi connectivity index (χ3v) is 7.16. The van der Waals surface area contributed by atoms with Crippen LogP contribution >= 0.6 is 0 Å². The fraction of sp³-hybridized carbons (Fsp3) is 0.583. The predicted octanol–water partition coefficient (Wildman–Crippen LogP) is 2.93. The van der Waals surface area contributed by atoms with E-state index in [1.54, 1.807) is 17.9 Å². The molecule has 0 radical (unpaired) electrons. The van der Waals surface area contributed by atoms with Crippen molar-refractivity contribution in [3.63, 3.8) is 0 Å². The molecule has 0 saturated carbocycles. The van der Waals surface area contributed by atoms with Crippen LogP contribution in [-0.2, 0) is 16.0 Å². The molecule has 182 valence electrons. The van der Waals surface area contributed by atoms with Gasteiger partial charge in [-0.05, 0) is 62.5 Å². The normalized spacial score (nSPS) is 18.7. The summed E-state index contributed by atoms with van der Waals surface area (Å²) in [6.07, 6.45) is 4.61. The van der Waals surface area contributed by atoms with E-state index in [9.17, 15) is 9.18 Å². The van der Waals surface area contributed by atoms with Crippen LogP contribution in [0.3, 0.4) is 0 Å². The molecule has 9 nitrogen and oxygen atoms in total. The average Bonchev–Trinajstić information content (AvgIpc) is 3.49. The molecular formula is C24H31FN6O3. The van der Waals surface area contributed by atoms with Gasteiger partial charge in [0.1, 0.15) is 12.4 Å². The minimum absolute atomic E-state index is 0.0746. The molecule has 3 aromatic rings. The van der Waals surface area contributed by atoms with Gasteiger partial charge in [0.2, 0.25) is 11.8 Å². The minimum atomic E-state index is -0.318. The van der Waals surface area contributed by atoms with Gasteiger partial charge in [0.05, 0.1) is 11.2 Å². The van der Waals surface area contributed by atoms with Gasteiger partial charge in [0.25, 0.3) is 5.95 Å². The molecule has 2 aliphatic rings. The van der Waals surface area contributed by atoms with Crippen molar-refractivity contribution in [2.45, 2.75) is 51.0 Å². The number of nitrogens with zero attached hydrogens (tertiary/aromatic N) is 6. The molecule has 10 heteroatoms. The van der Waals surface area contributed by atoms with Crippen LogP contribution in [0.1, 0.15) is 50.1 Å².